The number of imidazole rings is 1. The van der Waals surface area contributed by atoms with Crippen molar-refractivity contribution in [2.75, 3.05) is 12.8 Å². The molecule has 4 rings (SSSR count). The number of fused-ring (bicyclic) bond motifs is 1. The summed E-state index contributed by atoms with van der Waals surface area (Å²) in [5.74, 6) is 1.09. The van der Waals surface area contributed by atoms with Crippen LogP contribution >= 0.6 is 0 Å². The van der Waals surface area contributed by atoms with Gasteiger partial charge in [0.2, 0.25) is 0 Å². The van der Waals surface area contributed by atoms with Crippen LogP contribution in [0.25, 0.3) is 28.1 Å². The molecule has 6 nitrogen and oxygen atoms in total. The van der Waals surface area contributed by atoms with Gasteiger partial charge in [-0.3, -0.25) is 0 Å². The quantitative estimate of drug-likeness (QED) is 0.327. The van der Waals surface area contributed by atoms with E-state index in [1.54, 1.807) is 16.8 Å². The first-order valence-electron chi connectivity index (χ1n) is 10.2. The van der Waals surface area contributed by atoms with Crippen LogP contribution in [-0.2, 0) is 20.6 Å². The van der Waals surface area contributed by atoms with Crippen molar-refractivity contribution < 1.29 is 25.0 Å². The molecule has 32 heavy (non-hydrogen) atoms. The van der Waals surface area contributed by atoms with Crippen molar-refractivity contribution in [1.82, 2.24) is 24.4 Å². The normalized spacial score (nSPS) is 18.9. The van der Waals surface area contributed by atoms with Crippen molar-refractivity contribution in [2.45, 2.75) is 31.8 Å². The molecule has 0 aliphatic carbocycles. The molecule has 167 valence electrons. The number of aryl methyl sites for hydroxylation is 1. The second kappa shape index (κ2) is 10.4. The molecule has 0 aromatic carbocycles. The summed E-state index contributed by atoms with van der Waals surface area (Å²) in [6.07, 6.45) is 6.75. The standard InChI is InChI=1S/C17H13FN5.C7H13N.Nb/c1-3-13(6-8-18)23-11(2)21-15-5-4-14(22-17(15)23)12-7-9-20-16(19)10-12;1-6-4-5-7(2)8(6)3;/h1,3-7,9-10H,2H3,(H2,19,20);6-7H,1-2,4-5H2,3H3;/q-1;-2;/b13-6+;;. The van der Waals surface area contributed by atoms with E-state index in [1.165, 1.54) is 25.0 Å². The van der Waals surface area contributed by atoms with Crippen LogP contribution < -0.4 is 5.73 Å². The molecule has 2 unspecified atom stereocenters. The molecule has 1 fully saturated rings. The molecule has 1 aliphatic heterocycles. The fraction of sp³-hybridized carbons (Fsp3) is 0.250. The van der Waals surface area contributed by atoms with Gasteiger partial charge in [0.05, 0.1) is 0 Å². The Morgan fingerprint density at radius 2 is 1.94 bits per heavy atom. The molecule has 4 heterocycles. The number of pyridine rings is 2. The minimum absolute atomic E-state index is 0.306. The number of anilines is 1. The first-order chi connectivity index (χ1) is 15.2. The predicted octanol–water partition coefficient (Wildman–Crippen LogP) is 3.98. The molecule has 0 saturated carbocycles. The Morgan fingerprint density at radius 1 is 1.25 bits per heavy atom. The first-order valence-corrected chi connectivity index (χ1v) is 11.3. The van der Waals surface area contributed by atoms with Crippen LogP contribution in [0.4, 0.5) is 10.2 Å². The van der Waals surface area contributed by atoms with Crippen molar-refractivity contribution in [3.8, 4) is 11.3 Å². The number of nitrogen functional groups attached to an aromatic ring is 1. The van der Waals surface area contributed by atoms with Crippen LogP contribution in [0.5, 0.6) is 0 Å². The van der Waals surface area contributed by atoms with Gasteiger partial charge in [0.1, 0.15) is 0 Å². The van der Waals surface area contributed by atoms with Crippen LogP contribution in [0.15, 0.2) is 42.6 Å². The summed E-state index contributed by atoms with van der Waals surface area (Å²) in [4.78, 5) is 15.3. The van der Waals surface area contributed by atoms with Crippen LogP contribution in [0, 0.1) is 27.4 Å². The zero-order valence-corrected chi connectivity index (χ0v) is 20.4. The van der Waals surface area contributed by atoms with Gasteiger partial charge in [-0.1, -0.05) is 12.8 Å². The third-order valence-corrected chi connectivity index (χ3v) is 5.75. The first kappa shape index (κ1) is 24.2. The number of hydrogen-bond acceptors (Lipinski definition) is 5. The monoisotopic (exact) mass is 510 g/mol. The van der Waals surface area contributed by atoms with Gasteiger partial charge >= 0.3 is 150 Å². The number of aromatic nitrogens is 4. The average molecular weight is 510 g/mol. The number of halogens is 1. The van der Waals surface area contributed by atoms with E-state index in [1.807, 2.05) is 25.1 Å². The van der Waals surface area contributed by atoms with E-state index in [0.717, 1.165) is 31.9 Å². The number of nitrogens with two attached hydrogens (primary N) is 1. The van der Waals surface area contributed by atoms with Gasteiger partial charge in [0.15, 0.2) is 0 Å². The van der Waals surface area contributed by atoms with Crippen molar-refractivity contribution >= 4 is 26.7 Å². The number of rotatable bonds is 4. The largest absolute Gasteiger partial charge is 0.360 e. The van der Waals surface area contributed by atoms with E-state index in [0.29, 0.717) is 40.6 Å². The molecule has 3 aromatic rings. The molecular formula is C24H26FN6Nb-3. The van der Waals surface area contributed by atoms with Gasteiger partial charge in [0.25, 0.3) is 0 Å². The van der Waals surface area contributed by atoms with Gasteiger partial charge in [-0.2, -0.15) is 0 Å². The maximum Gasteiger partial charge on any atom is -0.0185 e. The van der Waals surface area contributed by atoms with Gasteiger partial charge in [-0.05, 0) is 7.05 Å². The van der Waals surface area contributed by atoms with E-state index in [9.17, 15) is 4.39 Å². The maximum atomic E-state index is 13.4. The molecule has 0 radical (unpaired) electrons. The summed E-state index contributed by atoms with van der Waals surface area (Å²) < 4.78 is 14.8. The Labute approximate surface area is 200 Å². The zero-order valence-electron chi connectivity index (χ0n) is 18.2. The smallest absolute Gasteiger partial charge is 0.0185 e. The molecule has 0 amide bonds. The van der Waals surface area contributed by atoms with Crippen molar-refractivity contribution in [1.29, 1.82) is 0 Å². The Morgan fingerprint density at radius 3 is 2.47 bits per heavy atom. The van der Waals surface area contributed by atoms with Crippen molar-refractivity contribution in [2.24, 2.45) is 0 Å². The second-order valence-electron chi connectivity index (χ2n) is 7.61. The van der Waals surface area contributed by atoms with Crippen LogP contribution in [0.3, 0.4) is 0 Å². The van der Waals surface area contributed by atoms with Crippen molar-refractivity contribution in [3.63, 3.8) is 0 Å². The molecule has 0 bridgehead atoms. The van der Waals surface area contributed by atoms with Crippen molar-refractivity contribution in [3.05, 3.63) is 68.9 Å². The summed E-state index contributed by atoms with van der Waals surface area (Å²) in [5.41, 5.74) is 9.08. The van der Waals surface area contributed by atoms with E-state index in [4.69, 9.17) is 12.3 Å². The summed E-state index contributed by atoms with van der Waals surface area (Å²) in [6, 6.07) is 8.31. The Kier molecular flexibility index (Phi) is 7.90. The Hall–Kier alpha value is -2.45. The minimum atomic E-state index is -0.306. The van der Waals surface area contributed by atoms with Gasteiger partial charge in [-0.15, -0.1) is 12.1 Å². The molecule has 2 N–H and O–H groups in total. The number of nitrogens with zero attached hydrogens (tertiary/aromatic N) is 5. The van der Waals surface area contributed by atoms with Crippen LogP contribution in [0.1, 0.15) is 18.7 Å². The Balaban J connectivity index is 0.000000305. The summed E-state index contributed by atoms with van der Waals surface area (Å²) in [7, 11) is 2.09. The fourth-order valence-corrected chi connectivity index (χ4v) is 3.87. The van der Waals surface area contributed by atoms with E-state index in [2.05, 4.69) is 40.7 Å². The third kappa shape index (κ3) is 5.48. The van der Waals surface area contributed by atoms with Crippen LogP contribution in [0.2, 0.25) is 0 Å². The van der Waals surface area contributed by atoms with E-state index >= 15 is 0 Å². The predicted molar refractivity (Wildman–Crippen MR) is 124 cm³/mol. The van der Waals surface area contributed by atoms with Gasteiger partial charge < -0.3 is 18.7 Å². The zero-order chi connectivity index (χ0) is 23.4. The summed E-state index contributed by atoms with van der Waals surface area (Å²) >= 11 is 0.980. The third-order valence-electron chi connectivity index (χ3n) is 5.43. The second-order valence-corrected chi connectivity index (χ2v) is 8.66. The van der Waals surface area contributed by atoms with Gasteiger partial charge in [-0.25, -0.2) is 0 Å². The van der Waals surface area contributed by atoms with E-state index < -0.39 is 0 Å². The minimum Gasteiger partial charge on any atom is -0.360 e. The number of allylic oxidation sites excluding steroid dienone is 3. The molecule has 2 atom stereocenters. The molecule has 1 saturated heterocycles. The Bertz CT molecular complexity index is 1160. The summed E-state index contributed by atoms with van der Waals surface area (Å²) in [6.45, 7) is 15.4. The fourth-order valence-electron chi connectivity index (χ4n) is 3.55. The SMILES string of the molecule is [CH-]=C/C(=C\[C](F)=[Nb])n1c(C)nc2ccc(-c3ccnc(N)c3)nc21.[CH2-]C1CCC([CH2-])N1C. The number of likely N-dealkylation sites (tertiary alicyclic amines) is 1. The molecule has 1 aliphatic rings. The van der Waals surface area contributed by atoms with E-state index in [-0.39, 0.29) is 3.98 Å². The molecule has 0 spiro atoms. The molecule has 8 heteroatoms. The summed E-state index contributed by atoms with van der Waals surface area (Å²) in [5, 5.41) is 0. The average Bonchev–Trinajstić information content (AvgIpc) is 3.24. The number of hydrogen-bond donors (Lipinski definition) is 1. The molecular weight excluding hydrogens is 484 g/mol. The van der Waals surface area contributed by atoms with Crippen LogP contribution in [-0.4, -0.2) is 47.5 Å². The molecule has 3 aromatic heterocycles. The van der Waals surface area contributed by atoms with Gasteiger partial charge in [0, 0.05) is 0 Å². The topological polar surface area (TPSA) is 72.9 Å². The maximum absolute atomic E-state index is 13.4.